The van der Waals surface area contributed by atoms with E-state index >= 15 is 0 Å². The number of rotatable bonds is 2. The first kappa shape index (κ1) is 12.9. The molecule has 1 saturated heterocycles. The highest BCUT2D eigenvalue weighted by molar-refractivity contribution is 9.10. The lowest BCUT2D eigenvalue weighted by Gasteiger charge is -2.32. The Balaban J connectivity index is 2.17. The van der Waals surface area contributed by atoms with Crippen molar-refractivity contribution in [2.24, 2.45) is 5.92 Å². The summed E-state index contributed by atoms with van der Waals surface area (Å²) in [5.74, 6) is -0.969. The minimum Gasteiger partial charge on any atom is -0.481 e. The molecule has 0 aromatic heterocycles. The third kappa shape index (κ3) is 2.65. The second-order valence-electron chi connectivity index (χ2n) is 4.37. The van der Waals surface area contributed by atoms with Gasteiger partial charge in [0.25, 0.3) is 0 Å². The van der Waals surface area contributed by atoms with Crippen molar-refractivity contribution in [3.8, 4) is 6.07 Å². The van der Waals surface area contributed by atoms with Crippen molar-refractivity contribution < 1.29 is 9.90 Å². The van der Waals surface area contributed by atoms with Crippen LogP contribution >= 0.6 is 15.9 Å². The van der Waals surface area contributed by atoms with E-state index in [4.69, 9.17) is 10.4 Å². The molecular formula is C13H13BrN2O2. The molecule has 1 N–H and O–H groups in total. The number of hydrogen-bond acceptors (Lipinski definition) is 3. The lowest BCUT2D eigenvalue weighted by molar-refractivity contribution is -0.142. The van der Waals surface area contributed by atoms with E-state index in [9.17, 15) is 4.79 Å². The summed E-state index contributed by atoms with van der Waals surface area (Å²) < 4.78 is 0.928. The molecule has 4 nitrogen and oxygen atoms in total. The number of carboxylic acids is 1. The molecule has 1 aromatic carbocycles. The SMILES string of the molecule is N#Cc1ccc(Br)cc1N1CCC(C(=O)O)CC1. The van der Waals surface area contributed by atoms with Crippen LogP contribution in [0.15, 0.2) is 22.7 Å². The standard InChI is InChI=1S/C13H13BrN2O2/c14-11-2-1-10(8-15)12(7-11)16-5-3-9(4-6-16)13(17)18/h1-2,7,9H,3-6H2,(H,17,18). The van der Waals surface area contributed by atoms with Crippen LogP contribution in [-0.4, -0.2) is 24.2 Å². The molecule has 1 aliphatic heterocycles. The lowest BCUT2D eigenvalue weighted by Crippen LogP contribution is -2.36. The highest BCUT2D eigenvalue weighted by atomic mass is 79.9. The van der Waals surface area contributed by atoms with Crippen LogP contribution in [-0.2, 0) is 4.79 Å². The van der Waals surface area contributed by atoms with Crippen LogP contribution < -0.4 is 4.90 Å². The zero-order valence-electron chi connectivity index (χ0n) is 9.77. The summed E-state index contributed by atoms with van der Waals surface area (Å²) in [7, 11) is 0. The predicted molar refractivity (Wildman–Crippen MR) is 71.4 cm³/mol. The van der Waals surface area contributed by atoms with Gasteiger partial charge >= 0.3 is 5.97 Å². The van der Waals surface area contributed by atoms with Crippen molar-refractivity contribution >= 4 is 27.6 Å². The van der Waals surface area contributed by atoms with Gasteiger partial charge in [-0.2, -0.15) is 5.26 Å². The number of benzene rings is 1. The van der Waals surface area contributed by atoms with Crippen molar-refractivity contribution in [3.05, 3.63) is 28.2 Å². The summed E-state index contributed by atoms with van der Waals surface area (Å²) >= 11 is 3.40. The van der Waals surface area contributed by atoms with E-state index in [1.54, 1.807) is 6.07 Å². The van der Waals surface area contributed by atoms with E-state index in [0.29, 0.717) is 31.5 Å². The van der Waals surface area contributed by atoms with E-state index in [2.05, 4.69) is 26.9 Å². The Morgan fingerprint density at radius 2 is 2.11 bits per heavy atom. The highest BCUT2D eigenvalue weighted by Gasteiger charge is 2.25. The molecule has 0 amide bonds. The van der Waals surface area contributed by atoms with Crippen LogP contribution in [0.1, 0.15) is 18.4 Å². The molecule has 1 heterocycles. The van der Waals surface area contributed by atoms with E-state index < -0.39 is 5.97 Å². The first-order valence-electron chi connectivity index (χ1n) is 5.79. The van der Waals surface area contributed by atoms with Gasteiger partial charge in [0.1, 0.15) is 6.07 Å². The summed E-state index contributed by atoms with van der Waals surface area (Å²) in [4.78, 5) is 13.0. The second-order valence-corrected chi connectivity index (χ2v) is 5.29. The maximum absolute atomic E-state index is 10.9. The number of carboxylic acid groups (broad SMARTS) is 1. The fraction of sp³-hybridized carbons (Fsp3) is 0.385. The largest absolute Gasteiger partial charge is 0.481 e. The van der Waals surface area contributed by atoms with Crippen LogP contribution in [0.3, 0.4) is 0 Å². The highest BCUT2D eigenvalue weighted by Crippen LogP contribution is 2.28. The molecule has 1 aliphatic rings. The molecule has 0 spiro atoms. The van der Waals surface area contributed by atoms with Gasteiger partial charge in [-0.3, -0.25) is 4.79 Å². The van der Waals surface area contributed by atoms with Crippen LogP contribution in [0, 0.1) is 17.2 Å². The minimum atomic E-state index is -0.718. The number of aliphatic carboxylic acids is 1. The maximum atomic E-state index is 10.9. The molecule has 0 saturated carbocycles. The molecule has 5 heteroatoms. The predicted octanol–water partition coefficient (Wildman–Crippen LogP) is 2.62. The zero-order valence-corrected chi connectivity index (χ0v) is 11.4. The van der Waals surface area contributed by atoms with Crippen molar-refractivity contribution in [1.82, 2.24) is 0 Å². The third-order valence-corrected chi connectivity index (χ3v) is 3.76. The van der Waals surface area contributed by atoms with Gasteiger partial charge in [0.2, 0.25) is 0 Å². The zero-order chi connectivity index (χ0) is 13.1. The molecular weight excluding hydrogens is 296 g/mol. The van der Waals surface area contributed by atoms with Crippen molar-refractivity contribution in [2.75, 3.05) is 18.0 Å². The first-order valence-corrected chi connectivity index (χ1v) is 6.58. The lowest BCUT2D eigenvalue weighted by atomic mass is 9.96. The average Bonchev–Trinajstić information content (AvgIpc) is 2.39. The summed E-state index contributed by atoms with van der Waals surface area (Å²) in [6, 6.07) is 7.71. The Labute approximate surface area is 114 Å². The van der Waals surface area contributed by atoms with Gasteiger partial charge in [-0.15, -0.1) is 0 Å². The number of carbonyl (C=O) groups is 1. The van der Waals surface area contributed by atoms with Crippen molar-refractivity contribution in [3.63, 3.8) is 0 Å². The van der Waals surface area contributed by atoms with Crippen LogP contribution in [0.25, 0.3) is 0 Å². The molecule has 0 unspecified atom stereocenters. The van der Waals surface area contributed by atoms with Crippen molar-refractivity contribution in [1.29, 1.82) is 5.26 Å². The second kappa shape index (κ2) is 5.40. The summed E-state index contributed by atoms with van der Waals surface area (Å²) in [6.07, 6.45) is 1.26. The van der Waals surface area contributed by atoms with E-state index in [1.807, 2.05) is 12.1 Å². The van der Waals surface area contributed by atoms with Gasteiger partial charge in [0.05, 0.1) is 17.2 Å². The molecule has 18 heavy (non-hydrogen) atoms. The molecule has 0 bridgehead atoms. The van der Waals surface area contributed by atoms with Gasteiger partial charge in [-0.1, -0.05) is 15.9 Å². The topological polar surface area (TPSA) is 64.3 Å². The summed E-state index contributed by atoms with van der Waals surface area (Å²) in [5.41, 5.74) is 1.52. The van der Waals surface area contributed by atoms with Gasteiger partial charge < -0.3 is 10.0 Å². The van der Waals surface area contributed by atoms with E-state index in [-0.39, 0.29) is 5.92 Å². The number of anilines is 1. The number of hydrogen-bond donors (Lipinski definition) is 1. The fourth-order valence-electron chi connectivity index (χ4n) is 2.23. The number of nitrogens with zero attached hydrogens (tertiary/aromatic N) is 2. The number of piperidine rings is 1. The number of nitriles is 1. The first-order chi connectivity index (χ1) is 8.61. The average molecular weight is 309 g/mol. The fourth-order valence-corrected chi connectivity index (χ4v) is 2.58. The van der Waals surface area contributed by atoms with Gasteiger partial charge in [0.15, 0.2) is 0 Å². The van der Waals surface area contributed by atoms with Gasteiger partial charge in [-0.05, 0) is 31.0 Å². The quantitative estimate of drug-likeness (QED) is 0.912. The van der Waals surface area contributed by atoms with Crippen molar-refractivity contribution in [2.45, 2.75) is 12.8 Å². The normalized spacial score (nSPS) is 16.3. The third-order valence-electron chi connectivity index (χ3n) is 3.27. The smallest absolute Gasteiger partial charge is 0.306 e. The summed E-state index contributed by atoms with van der Waals surface area (Å²) in [5, 5.41) is 18.1. The summed E-state index contributed by atoms with van der Waals surface area (Å²) in [6.45, 7) is 1.37. The van der Waals surface area contributed by atoms with Crippen LogP contribution in [0.5, 0.6) is 0 Å². The van der Waals surface area contributed by atoms with E-state index in [1.165, 1.54) is 0 Å². The Morgan fingerprint density at radius 1 is 1.44 bits per heavy atom. The molecule has 0 aliphatic carbocycles. The Bertz CT molecular complexity index is 502. The molecule has 94 valence electrons. The Hall–Kier alpha value is -1.54. The number of halogens is 1. The van der Waals surface area contributed by atoms with Gasteiger partial charge in [0, 0.05) is 17.6 Å². The Kier molecular flexibility index (Phi) is 3.87. The molecule has 2 rings (SSSR count). The van der Waals surface area contributed by atoms with Gasteiger partial charge in [-0.25, -0.2) is 0 Å². The van der Waals surface area contributed by atoms with E-state index in [0.717, 1.165) is 10.2 Å². The molecule has 1 aromatic rings. The maximum Gasteiger partial charge on any atom is 0.306 e. The monoisotopic (exact) mass is 308 g/mol. The molecule has 0 atom stereocenters. The molecule has 0 radical (unpaired) electrons. The van der Waals surface area contributed by atoms with Crippen LogP contribution in [0.4, 0.5) is 5.69 Å². The minimum absolute atomic E-state index is 0.251. The van der Waals surface area contributed by atoms with Crippen LogP contribution in [0.2, 0.25) is 0 Å². The molecule has 1 fully saturated rings. The Morgan fingerprint density at radius 3 is 2.67 bits per heavy atom.